The molecule has 3 nitrogen and oxygen atoms in total. The quantitative estimate of drug-likeness (QED) is 0.752. The van der Waals surface area contributed by atoms with Crippen LogP contribution in [0.3, 0.4) is 0 Å². The number of aryl methyl sites for hydroxylation is 1. The number of methoxy groups -OCH3 is 1. The Kier molecular flexibility index (Phi) is 4.16. The summed E-state index contributed by atoms with van der Waals surface area (Å²) in [6, 6.07) is 7.78. The minimum Gasteiger partial charge on any atom is -0.496 e. The molecule has 1 amide bonds. The van der Waals surface area contributed by atoms with Gasteiger partial charge in [-0.2, -0.15) is 0 Å². The van der Waals surface area contributed by atoms with Crippen molar-refractivity contribution in [1.82, 2.24) is 4.90 Å². The average molecular weight is 207 g/mol. The molecule has 0 saturated heterocycles. The second-order valence-electron chi connectivity index (χ2n) is 3.60. The predicted octanol–water partition coefficient (Wildman–Crippen LogP) is 1.72. The van der Waals surface area contributed by atoms with Crippen LogP contribution >= 0.6 is 0 Å². The summed E-state index contributed by atoms with van der Waals surface area (Å²) in [5.74, 6) is 0.991. The molecule has 1 rings (SSSR count). The van der Waals surface area contributed by atoms with E-state index in [0.29, 0.717) is 6.42 Å². The van der Waals surface area contributed by atoms with E-state index in [4.69, 9.17) is 4.74 Å². The number of benzene rings is 1. The van der Waals surface area contributed by atoms with Gasteiger partial charge in [-0.05, 0) is 18.1 Å². The number of para-hydroxylation sites is 1. The van der Waals surface area contributed by atoms with Crippen LogP contribution in [-0.4, -0.2) is 32.0 Å². The van der Waals surface area contributed by atoms with Crippen LogP contribution in [0.2, 0.25) is 0 Å². The Bertz CT molecular complexity index is 334. The van der Waals surface area contributed by atoms with Crippen molar-refractivity contribution in [2.24, 2.45) is 0 Å². The van der Waals surface area contributed by atoms with Crippen molar-refractivity contribution in [3.8, 4) is 5.75 Å². The molecule has 0 spiro atoms. The molecule has 0 aliphatic rings. The minimum absolute atomic E-state index is 0.140. The highest BCUT2D eigenvalue weighted by molar-refractivity contribution is 5.75. The molecule has 0 N–H and O–H groups in total. The van der Waals surface area contributed by atoms with Crippen LogP contribution in [0.25, 0.3) is 0 Å². The first-order valence-electron chi connectivity index (χ1n) is 4.97. The van der Waals surface area contributed by atoms with E-state index in [1.165, 1.54) is 0 Å². The van der Waals surface area contributed by atoms with Crippen LogP contribution < -0.4 is 4.74 Å². The highest BCUT2D eigenvalue weighted by Gasteiger charge is 2.07. The molecule has 0 aliphatic heterocycles. The molecule has 1 aromatic rings. The van der Waals surface area contributed by atoms with E-state index in [0.717, 1.165) is 17.7 Å². The molecule has 15 heavy (non-hydrogen) atoms. The van der Waals surface area contributed by atoms with Gasteiger partial charge in [-0.15, -0.1) is 0 Å². The second-order valence-corrected chi connectivity index (χ2v) is 3.60. The molecule has 82 valence electrons. The molecule has 0 fully saturated rings. The molecule has 0 aromatic heterocycles. The van der Waals surface area contributed by atoms with E-state index >= 15 is 0 Å². The van der Waals surface area contributed by atoms with E-state index in [1.807, 2.05) is 24.3 Å². The number of ether oxygens (including phenoxy) is 1. The van der Waals surface area contributed by atoms with Gasteiger partial charge in [0.2, 0.25) is 5.91 Å². The van der Waals surface area contributed by atoms with Crippen LogP contribution in [0.15, 0.2) is 24.3 Å². The number of rotatable bonds is 4. The van der Waals surface area contributed by atoms with Crippen LogP contribution in [0.5, 0.6) is 5.75 Å². The smallest absolute Gasteiger partial charge is 0.222 e. The maximum Gasteiger partial charge on any atom is 0.222 e. The number of nitrogens with zero attached hydrogens (tertiary/aromatic N) is 1. The summed E-state index contributed by atoms with van der Waals surface area (Å²) in [5.41, 5.74) is 1.08. The van der Waals surface area contributed by atoms with Gasteiger partial charge < -0.3 is 9.64 Å². The summed E-state index contributed by atoms with van der Waals surface area (Å²) in [4.78, 5) is 13.0. The van der Waals surface area contributed by atoms with Crippen molar-refractivity contribution in [3.05, 3.63) is 29.8 Å². The van der Waals surface area contributed by atoms with E-state index in [9.17, 15) is 4.79 Å². The third-order valence-electron chi connectivity index (χ3n) is 2.30. The van der Waals surface area contributed by atoms with Gasteiger partial charge in [0.05, 0.1) is 7.11 Å². The zero-order chi connectivity index (χ0) is 11.3. The molecule has 0 radical (unpaired) electrons. The molecule has 0 heterocycles. The summed E-state index contributed by atoms with van der Waals surface area (Å²) in [5, 5.41) is 0. The van der Waals surface area contributed by atoms with Gasteiger partial charge in [0, 0.05) is 20.5 Å². The lowest BCUT2D eigenvalue weighted by Gasteiger charge is -2.11. The number of hydrogen-bond donors (Lipinski definition) is 0. The maximum absolute atomic E-state index is 11.4. The van der Waals surface area contributed by atoms with E-state index in [-0.39, 0.29) is 5.91 Å². The minimum atomic E-state index is 0.140. The van der Waals surface area contributed by atoms with Crippen LogP contribution in [0, 0.1) is 0 Å². The Morgan fingerprint density at radius 1 is 1.33 bits per heavy atom. The molecular formula is C12H17NO2. The highest BCUT2D eigenvalue weighted by Crippen LogP contribution is 2.18. The summed E-state index contributed by atoms with van der Waals surface area (Å²) in [7, 11) is 5.18. The lowest BCUT2D eigenvalue weighted by atomic mass is 10.1. The molecule has 0 unspecified atom stereocenters. The molecule has 0 atom stereocenters. The fourth-order valence-electron chi connectivity index (χ4n) is 1.37. The number of amides is 1. The third-order valence-corrected chi connectivity index (χ3v) is 2.30. The van der Waals surface area contributed by atoms with E-state index < -0.39 is 0 Å². The van der Waals surface area contributed by atoms with Gasteiger partial charge in [-0.25, -0.2) is 0 Å². The number of carbonyl (C=O) groups excluding carboxylic acids is 1. The van der Waals surface area contributed by atoms with Crippen LogP contribution in [-0.2, 0) is 11.2 Å². The lowest BCUT2D eigenvalue weighted by Crippen LogP contribution is -2.21. The average Bonchev–Trinajstić information content (AvgIpc) is 2.26. The first-order chi connectivity index (χ1) is 7.15. The highest BCUT2D eigenvalue weighted by atomic mass is 16.5. The summed E-state index contributed by atoms with van der Waals surface area (Å²) >= 11 is 0. The monoisotopic (exact) mass is 207 g/mol. The van der Waals surface area contributed by atoms with Crippen molar-refractivity contribution in [3.63, 3.8) is 0 Å². The molecule has 1 aromatic carbocycles. The Morgan fingerprint density at radius 2 is 2.00 bits per heavy atom. The Hall–Kier alpha value is -1.51. The first kappa shape index (κ1) is 11.6. The molecule has 0 saturated carbocycles. The fourth-order valence-corrected chi connectivity index (χ4v) is 1.37. The van der Waals surface area contributed by atoms with E-state index in [2.05, 4.69) is 0 Å². The Morgan fingerprint density at radius 3 is 2.60 bits per heavy atom. The van der Waals surface area contributed by atoms with Gasteiger partial charge in [0.1, 0.15) is 5.75 Å². The van der Waals surface area contributed by atoms with Gasteiger partial charge in [0.15, 0.2) is 0 Å². The van der Waals surface area contributed by atoms with E-state index in [1.54, 1.807) is 26.1 Å². The summed E-state index contributed by atoms with van der Waals surface area (Å²) < 4.78 is 5.21. The third kappa shape index (κ3) is 3.27. The van der Waals surface area contributed by atoms with Crippen molar-refractivity contribution < 1.29 is 9.53 Å². The lowest BCUT2D eigenvalue weighted by molar-refractivity contribution is -0.128. The number of hydrogen-bond acceptors (Lipinski definition) is 2. The van der Waals surface area contributed by atoms with Crippen molar-refractivity contribution >= 4 is 5.91 Å². The van der Waals surface area contributed by atoms with Crippen LogP contribution in [0.4, 0.5) is 0 Å². The summed E-state index contributed by atoms with van der Waals surface area (Å²) in [6.45, 7) is 0. The first-order valence-corrected chi connectivity index (χ1v) is 4.97. The zero-order valence-corrected chi connectivity index (χ0v) is 9.49. The summed E-state index contributed by atoms with van der Waals surface area (Å²) in [6.07, 6.45) is 1.24. The largest absolute Gasteiger partial charge is 0.496 e. The van der Waals surface area contributed by atoms with Gasteiger partial charge in [-0.3, -0.25) is 4.79 Å². The molecule has 0 bridgehead atoms. The predicted molar refractivity (Wildman–Crippen MR) is 60.0 cm³/mol. The SMILES string of the molecule is COc1ccccc1CCC(=O)N(C)C. The maximum atomic E-state index is 11.4. The van der Waals surface area contributed by atoms with Crippen molar-refractivity contribution in [2.45, 2.75) is 12.8 Å². The van der Waals surface area contributed by atoms with Gasteiger partial charge in [-0.1, -0.05) is 18.2 Å². The zero-order valence-electron chi connectivity index (χ0n) is 9.49. The number of carbonyl (C=O) groups is 1. The Balaban J connectivity index is 2.61. The Labute approximate surface area is 90.7 Å². The van der Waals surface area contributed by atoms with Crippen LogP contribution in [0.1, 0.15) is 12.0 Å². The standard InChI is InChI=1S/C12H17NO2/c1-13(2)12(14)9-8-10-6-4-5-7-11(10)15-3/h4-7H,8-9H2,1-3H3. The van der Waals surface area contributed by atoms with Crippen molar-refractivity contribution in [2.75, 3.05) is 21.2 Å². The van der Waals surface area contributed by atoms with Gasteiger partial charge >= 0.3 is 0 Å². The fraction of sp³-hybridized carbons (Fsp3) is 0.417. The van der Waals surface area contributed by atoms with Crippen molar-refractivity contribution in [1.29, 1.82) is 0 Å². The second kappa shape index (κ2) is 5.39. The molecule has 3 heteroatoms. The normalized spacial score (nSPS) is 9.80. The molecule has 0 aliphatic carbocycles. The molecular weight excluding hydrogens is 190 g/mol. The van der Waals surface area contributed by atoms with Gasteiger partial charge in [0.25, 0.3) is 0 Å². The topological polar surface area (TPSA) is 29.5 Å².